The highest BCUT2D eigenvalue weighted by Crippen LogP contribution is 2.42. The van der Waals surface area contributed by atoms with E-state index in [-0.39, 0.29) is 11.4 Å². The second kappa shape index (κ2) is 10.5. The number of nitriles is 1. The van der Waals surface area contributed by atoms with E-state index in [1.165, 1.54) is 30.6 Å². The molecule has 0 saturated carbocycles. The molecule has 0 spiro atoms. The number of piperidine rings is 1. The van der Waals surface area contributed by atoms with E-state index in [2.05, 4.69) is 15.6 Å². The molecule has 2 amide bonds. The number of carbonyl (C=O) groups excluding carboxylic acids is 2. The van der Waals surface area contributed by atoms with Crippen molar-refractivity contribution in [2.45, 2.75) is 43.8 Å². The highest BCUT2D eigenvalue weighted by molar-refractivity contribution is 6.01. The monoisotopic (exact) mass is 500 g/mol. The van der Waals surface area contributed by atoms with Crippen molar-refractivity contribution in [1.29, 1.82) is 5.26 Å². The van der Waals surface area contributed by atoms with Crippen LogP contribution in [-0.2, 0) is 11.3 Å². The Morgan fingerprint density at radius 2 is 1.83 bits per heavy atom. The molecule has 190 valence electrons. The van der Waals surface area contributed by atoms with Crippen LogP contribution in [0.1, 0.15) is 41.6 Å². The lowest BCUT2D eigenvalue weighted by Crippen LogP contribution is -2.60. The van der Waals surface area contributed by atoms with Crippen molar-refractivity contribution in [3.8, 4) is 6.07 Å². The summed E-state index contributed by atoms with van der Waals surface area (Å²) in [6, 6.07) is 9.32. The fraction of sp³-hybridized carbons (Fsp3) is 0.440. The number of rotatable bonds is 7. The molecule has 1 aromatic carbocycles. The maximum Gasteiger partial charge on any atom is 0.270 e. The van der Waals surface area contributed by atoms with Crippen molar-refractivity contribution in [3.05, 3.63) is 59.7 Å². The minimum Gasteiger partial charge on any atom is -0.379 e. The van der Waals surface area contributed by atoms with Crippen LogP contribution < -0.4 is 10.6 Å². The highest BCUT2D eigenvalue weighted by atomic mass is 19.3. The summed E-state index contributed by atoms with van der Waals surface area (Å²) in [5.41, 5.74) is -0.361. The standard InChI is InChI=1S/C25H27F3N6O2/c26-19-6-4-18(5-7-19)12-31-21-13-30-9-8-20(21)23(36)32-14-22(35)34-17-24(27,28)15-25(34,16-29)33-10-2-1-3-11-33/h4-9,13,31H,1-3,10-12,14-15,17H2,(H,32,36)/t25-/m0/s1. The van der Waals surface area contributed by atoms with Gasteiger partial charge in [0.05, 0.1) is 37.0 Å². The fourth-order valence-corrected chi connectivity index (χ4v) is 4.76. The molecule has 11 heteroatoms. The van der Waals surface area contributed by atoms with Gasteiger partial charge in [0.15, 0.2) is 5.66 Å². The van der Waals surface area contributed by atoms with E-state index < -0.39 is 42.9 Å². The van der Waals surface area contributed by atoms with Gasteiger partial charge in [-0.1, -0.05) is 18.6 Å². The van der Waals surface area contributed by atoms with E-state index in [1.54, 1.807) is 17.0 Å². The minimum atomic E-state index is -3.20. The summed E-state index contributed by atoms with van der Waals surface area (Å²) in [6.07, 6.45) is 4.59. The van der Waals surface area contributed by atoms with Crippen LogP contribution in [0.15, 0.2) is 42.7 Å². The van der Waals surface area contributed by atoms with Crippen LogP contribution in [0.4, 0.5) is 18.9 Å². The minimum absolute atomic E-state index is 0.203. The first kappa shape index (κ1) is 25.4. The molecule has 2 aromatic rings. The summed E-state index contributed by atoms with van der Waals surface area (Å²) in [7, 11) is 0. The molecule has 2 saturated heterocycles. The molecule has 2 aliphatic heterocycles. The van der Waals surface area contributed by atoms with Crippen molar-refractivity contribution in [1.82, 2.24) is 20.1 Å². The van der Waals surface area contributed by atoms with Crippen LogP contribution in [0, 0.1) is 17.1 Å². The number of aromatic nitrogens is 1. The molecule has 0 unspecified atom stereocenters. The molecule has 36 heavy (non-hydrogen) atoms. The average Bonchev–Trinajstić information content (AvgIpc) is 3.19. The largest absolute Gasteiger partial charge is 0.379 e. The molecule has 2 N–H and O–H groups in total. The van der Waals surface area contributed by atoms with Gasteiger partial charge in [-0.05, 0) is 36.6 Å². The average molecular weight is 501 g/mol. The molecule has 2 aliphatic rings. The number of amides is 2. The number of likely N-dealkylation sites (tertiary alicyclic amines) is 2. The molecule has 0 bridgehead atoms. The zero-order valence-corrected chi connectivity index (χ0v) is 19.6. The summed E-state index contributed by atoms with van der Waals surface area (Å²) in [5, 5.41) is 15.5. The Kier molecular flexibility index (Phi) is 7.45. The first-order chi connectivity index (χ1) is 17.2. The van der Waals surface area contributed by atoms with E-state index in [0.717, 1.165) is 29.7 Å². The highest BCUT2D eigenvalue weighted by Gasteiger charge is 2.60. The maximum absolute atomic E-state index is 14.5. The van der Waals surface area contributed by atoms with Crippen molar-refractivity contribution < 1.29 is 22.8 Å². The lowest BCUT2D eigenvalue weighted by Gasteiger charge is -2.43. The normalized spacial score (nSPS) is 21.6. The molecule has 3 heterocycles. The van der Waals surface area contributed by atoms with Crippen LogP contribution >= 0.6 is 0 Å². The number of alkyl halides is 2. The SMILES string of the molecule is N#C[C@]1(N2CCCCC2)CC(F)(F)CN1C(=O)CNC(=O)c1ccncc1NCc1ccc(F)cc1. The van der Waals surface area contributed by atoms with E-state index in [1.807, 2.05) is 6.07 Å². The number of halogens is 3. The summed E-state index contributed by atoms with van der Waals surface area (Å²) in [5.74, 6) is -4.90. The van der Waals surface area contributed by atoms with Crippen molar-refractivity contribution in [2.75, 3.05) is 31.5 Å². The van der Waals surface area contributed by atoms with E-state index in [0.29, 0.717) is 25.3 Å². The Hall–Kier alpha value is -3.65. The Balaban J connectivity index is 1.43. The van der Waals surface area contributed by atoms with Crippen LogP contribution in [0.3, 0.4) is 0 Å². The van der Waals surface area contributed by atoms with E-state index in [9.17, 15) is 28.0 Å². The predicted molar refractivity (Wildman–Crippen MR) is 125 cm³/mol. The Labute approximate surface area is 207 Å². The maximum atomic E-state index is 14.5. The zero-order valence-electron chi connectivity index (χ0n) is 19.6. The number of carbonyl (C=O) groups is 2. The van der Waals surface area contributed by atoms with Gasteiger partial charge in [-0.15, -0.1) is 0 Å². The molecule has 0 radical (unpaired) electrons. The number of nitrogens with zero attached hydrogens (tertiary/aromatic N) is 4. The van der Waals surface area contributed by atoms with Gasteiger partial charge in [0.2, 0.25) is 5.91 Å². The zero-order chi connectivity index (χ0) is 25.8. The van der Waals surface area contributed by atoms with Gasteiger partial charge in [0, 0.05) is 25.8 Å². The first-order valence-corrected chi connectivity index (χ1v) is 11.8. The summed E-state index contributed by atoms with van der Waals surface area (Å²) in [6.45, 7) is -0.189. The van der Waals surface area contributed by atoms with Gasteiger partial charge in [-0.25, -0.2) is 13.2 Å². The Morgan fingerprint density at radius 3 is 2.53 bits per heavy atom. The second-order valence-electron chi connectivity index (χ2n) is 9.07. The van der Waals surface area contributed by atoms with Crippen molar-refractivity contribution in [2.24, 2.45) is 0 Å². The smallest absolute Gasteiger partial charge is 0.270 e. The summed E-state index contributed by atoms with van der Waals surface area (Å²) >= 11 is 0. The second-order valence-corrected chi connectivity index (χ2v) is 9.07. The van der Waals surface area contributed by atoms with E-state index in [4.69, 9.17) is 0 Å². The topological polar surface area (TPSA) is 101 Å². The molecular weight excluding hydrogens is 473 g/mol. The number of benzene rings is 1. The number of pyridine rings is 1. The van der Waals surface area contributed by atoms with E-state index >= 15 is 0 Å². The predicted octanol–water partition coefficient (Wildman–Crippen LogP) is 3.14. The van der Waals surface area contributed by atoms with Crippen LogP contribution in [0.2, 0.25) is 0 Å². The number of hydrogen-bond donors (Lipinski definition) is 2. The van der Waals surface area contributed by atoms with Gasteiger partial charge in [0.25, 0.3) is 11.8 Å². The quantitative estimate of drug-likeness (QED) is 0.606. The van der Waals surface area contributed by atoms with Crippen molar-refractivity contribution in [3.63, 3.8) is 0 Å². The van der Waals surface area contributed by atoms with Gasteiger partial charge in [0.1, 0.15) is 11.9 Å². The molecule has 4 rings (SSSR count). The lowest BCUT2D eigenvalue weighted by atomic mass is 10.0. The molecule has 8 nitrogen and oxygen atoms in total. The molecule has 1 aromatic heterocycles. The lowest BCUT2D eigenvalue weighted by molar-refractivity contribution is -0.139. The summed E-state index contributed by atoms with van der Waals surface area (Å²) in [4.78, 5) is 32.5. The fourth-order valence-electron chi connectivity index (χ4n) is 4.76. The van der Waals surface area contributed by atoms with Crippen molar-refractivity contribution >= 4 is 17.5 Å². The number of hydrogen-bond acceptors (Lipinski definition) is 6. The number of nitrogens with one attached hydrogen (secondary N) is 2. The van der Waals surface area contributed by atoms with Crippen LogP contribution in [0.25, 0.3) is 0 Å². The van der Waals surface area contributed by atoms with Gasteiger partial charge >= 0.3 is 0 Å². The number of anilines is 1. The third-order valence-electron chi connectivity index (χ3n) is 6.56. The van der Waals surface area contributed by atoms with Gasteiger partial charge < -0.3 is 15.5 Å². The molecular formula is C25H27F3N6O2. The summed E-state index contributed by atoms with van der Waals surface area (Å²) < 4.78 is 42.0. The van der Waals surface area contributed by atoms with Crippen LogP contribution in [0.5, 0.6) is 0 Å². The molecule has 2 fully saturated rings. The van der Waals surface area contributed by atoms with Crippen LogP contribution in [-0.4, -0.2) is 64.4 Å². The molecule has 0 aliphatic carbocycles. The first-order valence-electron chi connectivity index (χ1n) is 11.8. The third kappa shape index (κ3) is 5.44. The van der Waals surface area contributed by atoms with Gasteiger partial charge in [-0.3, -0.25) is 19.5 Å². The third-order valence-corrected chi connectivity index (χ3v) is 6.56. The Bertz CT molecular complexity index is 1150. The van der Waals surface area contributed by atoms with Gasteiger partial charge in [-0.2, -0.15) is 5.26 Å². The Morgan fingerprint density at radius 1 is 1.11 bits per heavy atom. The molecule has 1 atom stereocenters.